The second kappa shape index (κ2) is 9.19. The molecule has 0 spiro atoms. The minimum Gasteiger partial charge on any atom is -0.520 e. The molecule has 0 fully saturated rings. The second-order valence-electron chi connectivity index (χ2n) is 5.77. The molecule has 20 heavy (non-hydrogen) atoms. The Labute approximate surface area is 125 Å². The lowest BCUT2D eigenvalue weighted by Gasteiger charge is -2.25. The van der Waals surface area contributed by atoms with Crippen molar-refractivity contribution < 1.29 is 8.85 Å². The first-order chi connectivity index (χ1) is 9.59. The first-order valence-corrected chi connectivity index (χ1v) is 10.8. The summed E-state index contributed by atoms with van der Waals surface area (Å²) in [6, 6.07) is 8.35. The fourth-order valence-electron chi connectivity index (χ4n) is 2.22. The molecular formula is C17H30O2Si. The van der Waals surface area contributed by atoms with E-state index < -0.39 is 8.56 Å². The molecule has 2 nitrogen and oxygen atoms in total. The van der Waals surface area contributed by atoms with Gasteiger partial charge in [0.2, 0.25) is 0 Å². The number of rotatable bonds is 10. The molecule has 0 saturated carbocycles. The van der Waals surface area contributed by atoms with Crippen LogP contribution in [0.25, 0.3) is 0 Å². The standard InChI is InChI=1S/C17H30O2Si/c1-5-7-8-11-15-18-20(3,4)19-17-14-10-9-13-16(17)12-6-2/h9-10,13-14H,5-8,11-12,15H2,1-4H3. The topological polar surface area (TPSA) is 18.5 Å². The summed E-state index contributed by atoms with van der Waals surface area (Å²) < 4.78 is 12.2. The van der Waals surface area contributed by atoms with E-state index in [9.17, 15) is 0 Å². The highest BCUT2D eigenvalue weighted by atomic mass is 28.4. The molecule has 1 rings (SSSR count). The maximum atomic E-state index is 6.21. The summed E-state index contributed by atoms with van der Waals surface area (Å²) >= 11 is 0. The molecule has 0 radical (unpaired) electrons. The molecule has 0 N–H and O–H groups in total. The molecule has 0 amide bonds. The van der Waals surface area contributed by atoms with Crippen molar-refractivity contribution in [3.8, 4) is 5.75 Å². The zero-order valence-electron chi connectivity index (χ0n) is 13.6. The normalized spacial score (nSPS) is 11.6. The molecule has 0 aliphatic carbocycles. The lowest BCUT2D eigenvalue weighted by molar-refractivity contribution is 0.240. The Morgan fingerprint density at radius 2 is 1.70 bits per heavy atom. The third-order valence-corrected chi connectivity index (χ3v) is 4.91. The molecule has 0 atom stereocenters. The number of hydrogen-bond acceptors (Lipinski definition) is 2. The lowest BCUT2D eigenvalue weighted by atomic mass is 10.1. The van der Waals surface area contributed by atoms with E-state index in [1.807, 2.05) is 6.07 Å². The predicted molar refractivity (Wildman–Crippen MR) is 88.6 cm³/mol. The quantitative estimate of drug-likeness (QED) is 0.429. The van der Waals surface area contributed by atoms with Crippen LogP contribution in [0.5, 0.6) is 5.75 Å². The Bertz CT molecular complexity index is 377. The van der Waals surface area contributed by atoms with Crippen LogP contribution in [0.15, 0.2) is 24.3 Å². The molecule has 0 unspecified atom stereocenters. The van der Waals surface area contributed by atoms with E-state index in [2.05, 4.69) is 45.1 Å². The number of para-hydroxylation sites is 1. The maximum Gasteiger partial charge on any atom is 0.392 e. The van der Waals surface area contributed by atoms with Gasteiger partial charge in [0.05, 0.1) is 0 Å². The van der Waals surface area contributed by atoms with Crippen LogP contribution in [0, 0.1) is 0 Å². The third kappa shape index (κ3) is 6.57. The van der Waals surface area contributed by atoms with Crippen LogP contribution in [-0.4, -0.2) is 15.2 Å². The lowest BCUT2D eigenvalue weighted by Crippen LogP contribution is -2.39. The van der Waals surface area contributed by atoms with E-state index in [0.29, 0.717) is 0 Å². The van der Waals surface area contributed by atoms with Crippen molar-refractivity contribution in [2.45, 2.75) is 65.5 Å². The summed E-state index contributed by atoms with van der Waals surface area (Å²) in [4.78, 5) is 0. The van der Waals surface area contributed by atoms with Gasteiger partial charge in [-0.2, -0.15) is 0 Å². The van der Waals surface area contributed by atoms with Gasteiger partial charge in [0, 0.05) is 6.61 Å². The Balaban J connectivity index is 2.48. The molecule has 0 bridgehead atoms. The smallest absolute Gasteiger partial charge is 0.392 e. The highest BCUT2D eigenvalue weighted by molar-refractivity contribution is 6.65. The van der Waals surface area contributed by atoms with Crippen molar-refractivity contribution in [1.29, 1.82) is 0 Å². The minimum absolute atomic E-state index is 0.829. The van der Waals surface area contributed by atoms with E-state index in [0.717, 1.165) is 31.6 Å². The Hall–Kier alpha value is -0.803. The fraction of sp³-hybridized carbons (Fsp3) is 0.647. The van der Waals surface area contributed by atoms with E-state index in [1.54, 1.807) is 0 Å². The average Bonchev–Trinajstić information content (AvgIpc) is 2.41. The summed E-state index contributed by atoms with van der Waals surface area (Å²) in [7, 11) is -2.06. The molecule has 0 saturated heterocycles. The van der Waals surface area contributed by atoms with Crippen molar-refractivity contribution in [2.75, 3.05) is 6.61 Å². The van der Waals surface area contributed by atoms with Crippen LogP contribution >= 0.6 is 0 Å². The SMILES string of the molecule is CCCCCCO[Si](C)(C)Oc1ccccc1CCC. The van der Waals surface area contributed by atoms with E-state index in [-0.39, 0.29) is 0 Å². The molecule has 1 aromatic rings. The largest absolute Gasteiger partial charge is 0.520 e. The number of unbranched alkanes of at least 4 members (excludes halogenated alkanes) is 3. The fourth-order valence-corrected chi connectivity index (χ4v) is 3.64. The van der Waals surface area contributed by atoms with Gasteiger partial charge in [-0.1, -0.05) is 57.7 Å². The molecular weight excluding hydrogens is 264 g/mol. The summed E-state index contributed by atoms with van der Waals surface area (Å²) in [5.74, 6) is 1.01. The summed E-state index contributed by atoms with van der Waals surface area (Å²) in [5, 5.41) is 0. The van der Waals surface area contributed by atoms with Gasteiger partial charge in [0.1, 0.15) is 5.75 Å². The molecule has 1 aromatic carbocycles. The van der Waals surface area contributed by atoms with Crippen molar-refractivity contribution in [2.24, 2.45) is 0 Å². The minimum atomic E-state index is -2.06. The van der Waals surface area contributed by atoms with Gasteiger partial charge in [-0.15, -0.1) is 0 Å². The average molecular weight is 295 g/mol. The van der Waals surface area contributed by atoms with Crippen LogP contribution in [0.4, 0.5) is 0 Å². The highest BCUT2D eigenvalue weighted by Gasteiger charge is 2.27. The molecule has 0 heterocycles. The van der Waals surface area contributed by atoms with E-state index in [4.69, 9.17) is 8.85 Å². The van der Waals surface area contributed by atoms with Crippen LogP contribution in [0.1, 0.15) is 51.5 Å². The second-order valence-corrected chi connectivity index (χ2v) is 9.06. The summed E-state index contributed by atoms with van der Waals surface area (Å²) in [6.45, 7) is 9.52. The molecule has 0 aliphatic rings. The van der Waals surface area contributed by atoms with Gasteiger partial charge in [-0.05, 0) is 37.6 Å². The zero-order chi connectivity index (χ0) is 14.8. The number of hydrogen-bond donors (Lipinski definition) is 0. The first-order valence-electron chi connectivity index (χ1n) is 8.00. The molecule has 0 aromatic heterocycles. The summed E-state index contributed by atoms with van der Waals surface area (Å²) in [5.41, 5.74) is 1.30. The van der Waals surface area contributed by atoms with Crippen LogP contribution in [0.3, 0.4) is 0 Å². The molecule has 114 valence electrons. The zero-order valence-corrected chi connectivity index (χ0v) is 14.6. The van der Waals surface area contributed by atoms with Crippen molar-refractivity contribution >= 4 is 8.56 Å². The Kier molecular flexibility index (Phi) is 7.93. The Morgan fingerprint density at radius 3 is 2.40 bits per heavy atom. The van der Waals surface area contributed by atoms with Crippen molar-refractivity contribution in [3.05, 3.63) is 29.8 Å². The van der Waals surface area contributed by atoms with Crippen molar-refractivity contribution in [1.82, 2.24) is 0 Å². The van der Waals surface area contributed by atoms with Crippen LogP contribution in [-0.2, 0) is 10.8 Å². The monoisotopic (exact) mass is 294 g/mol. The predicted octanol–water partition coefficient (Wildman–Crippen LogP) is 5.32. The summed E-state index contributed by atoms with van der Waals surface area (Å²) in [6.07, 6.45) is 7.17. The maximum absolute atomic E-state index is 6.21. The Morgan fingerprint density at radius 1 is 0.950 bits per heavy atom. The third-order valence-electron chi connectivity index (χ3n) is 3.30. The van der Waals surface area contributed by atoms with Gasteiger partial charge in [-0.25, -0.2) is 0 Å². The van der Waals surface area contributed by atoms with Crippen LogP contribution in [0.2, 0.25) is 13.1 Å². The van der Waals surface area contributed by atoms with Gasteiger partial charge in [0.15, 0.2) is 0 Å². The van der Waals surface area contributed by atoms with E-state index >= 15 is 0 Å². The molecule has 3 heteroatoms. The first kappa shape index (κ1) is 17.2. The molecule has 0 aliphatic heterocycles. The number of aryl methyl sites for hydroxylation is 1. The van der Waals surface area contributed by atoms with Gasteiger partial charge in [0.25, 0.3) is 0 Å². The van der Waals surface area contributed by atoms with E-state index in [1.165, 1.54) is 24.8 Å². The highest BCUT2D eigenvalue weighted by Crippen LogP contribution is 2.23. The van der Waals surface area contributed by atoms with Gasteiger partial charge >= 0.3 is 8.56 Å². The van der Waals surface area contributed by atoms with Gasteiger partial charge in [-0.3, -0.25) is 0 Å². The van der Waals surface area contributed by atoms with Gasteiger partial charge < -0.3 is 8.85 Å². The van der Waals surface area contributed by atoms with Crippen LogP contribution < -0.4 is 4.43 Å². The van der Waals surface area contributed by atoms with Crippen molar-refractivity contribution in [3.63, 3.8) is 0 Å². The number of benzene rings is 1.